The highest BCUT2D eigenvalue weighted by Crippen LogP contribution is 2.39. The number of hydrogen-bond donors (Lipinski definition) is 0. The van der Waals surface area contributed by atoms with Gasteiger partial charge in [0, 0.05) is 17.9 Å². The van der Waals surface area contributed by atoms with Crippen LogP contribution in [-0.4, -0.2) is 5.78 Å². The lowest BCUT2D eigenvalue weighted by molar-refractivity contribution is -0.117. The van der Waals surface area contributed by atoms with Crippen molar-refractivity contribution in [3.05, 3.63) is 34.6 Å². The number of hydrogen-bond acceptors (Lipinski definition) is 1. The topological polar surface area (TPSA) is 17.1 Å². The summed E-state index contributed by atoms with van der Waals surface area (Å²) in [6, 6.07) is 4.59. The van der Waals surface area contributed by atoms with Gasteiger partial charge in [-0.2, -0.15) is 0 Å². The van der Waals surface area contributed by atoms with E-state index in [0.29, 0.717) is 29.8 Å². The molecule has 1 aliphatic carbocycles. The van der Waals surface area contributed by atoms with E-state index in [1.54, 1.807) is 12.1 Å². The molecule has 0 N–H and O–H groups in total. The summed E-state index contributed by atoms with van der Waals surface area (Å²) >= 11 is 5.84. The Labute approximate surface area is 99.6 Å². The zero-order chi connectivity index (χ0) is 11.8. The predicted octanol–water partition coefficient (Wildman–Crippen LogP) is 3.78. The standard InChI is InChI=1S/C13H14ClFO/c1-13(5-4-11(16)8-13)7-9-6-10(14)2-3-12(9)15/h2-3,6H,4-5,7-8H2,1H3. The summed E-state index contributed by atoms with van der Waals surface area (Å²) in [5, 5.41) is 0.546. The molecule has 1 aromatic rings. The smallest absolute Gasteiger partial charge is 0.133 e. The minimum Gasteiger partial charge on any atom is -0.300 e. The maximum atomic E-state index is 13.5. The fourth-order valence-corrected chi connectivity index (χ4v) is 2.58. The number of benzene rings is 1. The lowest BCUT2D eigenvalue weighted by Gasteiger charge is -2.22. The van der Waals surface area contributed by atoms with Crippen molar-refractivity contribution in [3.8, 4) is 0 Å². The van der Waals surface area contributed by atoms with Crippen LogP contribution in [0, 0.1) is 11.2 Å². The molecule has 0 heterocycles. The van der Waals surface area contributed by atoms with Crippen molar-refractivity contribution in [1.82, 2.24) is 0 Å². The lowest BCUT2D eigenvalue weighted by atomic mass is 9.82. The van der Waals surface area contributed by atoms with Crippen molar-refractivity contribution in [1.29, 1.82) is 0 Å². The zero-order valence-electron chi connectivity index (χ0n) is 9.22. The number of halogens is 2. The molecule has 16 heavy (non-hydrogen) atoms. The van der Waals surface area contributed by atoms with Gasteiger partial charge >= 0.3 is 0 Å². The first-order valence-corrected chi connectivity index (χ1v) is 5.82. The fourth-order valence-electron chi connectivity index (χ4n) is 2.38. The maximum Gasteiger partial charge on any atom is 0.133 e. The largest absolute Gasteiger partial charge is 0.300 e. The molecule has 1 atom stereocenters. The van der Waals surface area contributed by atoms with Gasteiger partial charge in [-0.15, -0.1) is 0 Å². The average molecular weight is 241 g/mol. The summed E-state index contributed by atoms with van der Waals surface area (Å²) in [6.45, 7) is 2.04. The number of ketones is 1. The Kier molecular flexibility index (Phi) is 3.02. The Bertz CT molecular complexity index is 430. The second-order valence-corrected chi connectivity index (χ2v) is 5.38. The minimum atomic E-state index is -0.232. The molecule has 1 fully saturated rings. The van der Waals surface area contributed by atoms with Crippen molar-refractivity contribution in [2.24, 2.45) is 5.41 Å². The van der Waals surface area contributed by atoms with E-state index in [9.17, 15) is 9.18 Å². The van der Waals surface area contributed by atoms with E-state index in [1.807, 2.05) is 6.92 Å². The fraction of sp³-hybridized carbons (Fsp3) is 0.462. The summed E-state index contributed by atoms with van der Waals surface area (Å²) in [6.07, 6.45) is 2.61. The number of carbonyl (C=O) groups is 1. The molecule has 1 aromatic carbocycles. The summed E-state index contributed by atoms with van der Waals surface area (Å²) in [7, 11) is 0. The highest BCUT2D eigenvalue weighted by molar-refractivity contribution is 6.30. The molecule has 3 heteroatoms. The Morgan fingerprint density at radius 3 is 2.88 bits per heavy atom. The second kappa shape index (κ2) is 4.17. The summed E-state index contributed by atoms with van der Waals surface area (Å²) in [4.78, 5) is 11.3. The normalized spacial score (nSPS) is 25.1. The van der Waals surface area contributed by atoms with Crippen molar-refractivity contribution in [3.63, 3.8) is 0 Å². The summed E-state index contributed by atoms with van der Waals surface area (Å²) in [5.41, 5.74) is 0.521. The molecular weight excluding hydrogens is 227 g/mol. The Balaban J connectivity index is 2.20. The Morgan fingerprint density at radius 2 is 2.25 bits per heavy atom. The molecule has 2 rings (SSSR count). The summed E-state index contributed by atoms with van der Waals surface area (Å²) in [5.74, 6) is 0.0508. The quantitative estimate of drug-likeness (QED) is 0.769. The third-order valence-electron chi connectivity index (χ3n) is 3.26. The van der Waals surface area contributed by atoms with Crippen LogP contribution in [0.25, 0.3) is 0 Å². The van der Waals surface area contributed by atoms with Gasteiger partial charge in [0.25, 0.3) is 0 Å². The van der Waals surface area contributed by atoms with Crippen LogP contribution in [0.5, 0.6) is 0 Å². The molecule has 0 amide bonds. The van der Waals surface area contributed by atoms with Gasteiger partial charge < -0.3 is 0 Å². The van der Waals surface area contributed by atoms with Gasteiger partial charge in [0.05, 0.1) is 0 Å². The minimum absolute atomic E-state index is 0.0946. The van der Waals surface area contributed by atoms with E-state index in [-0.39, 0.29) is 17.0 Å². The van der Waals surface area contributed by atoms with Gasteiger partial charge in [0.2, 0.25) is 0 Å². The maximum absolute atomic E-state index is 13.5. The van der Waals surface area contributed by atoms with Crippen LogP contribution in [-0.2, 0) is 11.2 Å². The number of carbonyl (C=O) groups excluding carboxylic acids is 1. The molecule has 0 saturated heterocycles. The molecule has 0 spiro atoms. The van der Waals surface area contributed by atoms with E-state index in [1.165, 1.54) is 6.07 Å². The van der Waals surface area contributed by atoms with E-state index in [2.05, 4.69) is 0 Å². The van der Waals surface area contributed by atoms with Crippen LogP contribution in [0.3, 0.4) is 0 Å². The first kappa shape index (κ1) is 11.6. The summed E-state index contributed by atoms with van der Waals surface area (Å²) < 4.78 is 13.5. The van der Waals surface area contributed by atoms with Crippen molar-refractivity contribution < 1.29 is 9.18 Å². The molecule has 1 unspecified atom stereocenters. The van der Waals surface area contributed by atoms with Crippen LogP contribution in [0.2, 0.25) is 5.02 Å². The molecule has 1 nitrogen and oxygen atoms in total. The molecular formula is C13H14ClFO. The second-order valence-electron chi connectivity index (χ2n) is 4.94. The molecule has 0 aliphatic heterocycles. The average Bonchev–Trinajstić information content (AvgIpc) is 2.52. The molecule has 1 saturated carbocycles. The Hall–Kier alpha value is -0.890. The van der Waals surface area contributed by atoms with Crippen LogP contribution in [0.1, 0.15) is 31.7 Å². The number of rotatable bonds is 2. The van der Waals surface area contributed by atoms with Crippen LogP contribution in [0.15, 0.2) is 18.2 Å². The van der Waals surface area contributed by atoms with Crippen molar-refractivity contribution in [2.75, 3.05) is 0 Å². The van der Waals surface area contributed by atoms with E-state index in [0.717, 1.165) is 6.42 Å². The SMILES string of the molecule is CC1(Cc2cc(Cl)ccc2F)CCC(=O)C1. The highest BCUT2D eigenvalue weighted by Gasteiger charge is 2.34. The molecule has 0 aromatic heterocycles. The lowest BCUT2D eigenvalue weighted by Crippen LogP contribution is -2.16. The van der Waals surface area contributed by atoms with Gasteiger partial charge in [-0.3, -0.25) is 4.79 Å². The van der Waals surface area contributed by atoms with Crippen LogP contribution in [0.4, 0.5) is 4.39 Å². The number of Topliss-reactive ketones (excluding diaryl/α,β-unsaturated/α-hetero) is 1. The first-order valence-electron chi connectivity index (χ1n) is 5.44. The van der Waals surface area contributed by atoms with Gasteiger partial charge in [0.15, 0.2) is 0 Å². The Morgan fingerprint density at radius 1 is 1.50 bits per heavy atom. The molecule has 86 valence electrons. The first-order chi connectivity index (χ1) is 7.48. The predicted molar refractivity (Wildman–Crippen MR) is 62.1 cm³/mol. The molecule has 0 bridgehead atoms. The zero-order valence-corrected chi connectivity index (χ0v) is 9.98. The van der Waals surface area contributed by atoms with E-state index in [4.69, 9.17) is 11.6 Å². The van der Waals surface area contributed by atoms with Gasteiger partial charge in [-0.25, -0.2) is 4.39 Å². The van der Waals surface area contributed by atoms with Gasteiger partial charge in [-0.05, 0) is 42.0 Å². The molecule has 1 aliphatic rings. The van der Waals surface area contributed by atoms with Gasteiger partial charge in [-0.1, -0.05) is 18.5 Å². The molecule has 0 radical (unpaired) electrons. The van der Waals surface area contributed by atoms with Crippen LogP contribution >= 0.6 is 11.6 Å². The van der Waals surface area contributed by atoms with Gasteiger partial charge in [0.1, 0.15) is 11.6 Å². The monoisotopic (exact) mass is 240 g/mol. The van der Waals surface area contributed by atoms with Crippen molar-refractivity contribution in [2.45, 2.75) is 32.6 Å². The highest BCUT2D eigenvalue weighted by atomic mass is 35.5. The van der Waals surface area contributed by atoms with Crippen LogP contribution < -0.4 is 0 Å². The van der Waals surface area contributed by atoms with E-state index >= 15 is 0 Å². The third-order valence-corrected chi connectivity index (χ3v) is 3.49. The van der Waals surface area contributed by atoms with E-state index < -0.39 is 0 Å². The third kappa shape index (κ3) is 2.43. The van der Waals surface area contributed by atoms with Crippen molar-refractivity contribution >= 4 is 17.4 Å².